The lowest BCUT2D eigenvalue weighted by Crippen LogP contribution is -2.44. The minimum absolute atomic E-state index is 0.00884. The summed E-state index contributed by atoms with van der Waals surface area (Å²) < 4.78 is 0. The van der Waals surface area contributed by atoms with Crippen molar-refractivity contribution in [1.29, 1.82) is 0 Å². The van der Waals surface area contributed by atoms with Crippen LogP contribution in [0.5, 0.6) is 0 Å². The van der Waals surface area contributed by atoms with Crippen molar-refractivity contribution < 1.29 is 14.5 Å². The second kappa shape index (κ2) is 9.29. The summed E-state index contributed by atoms with van der Waals surface area (Å²) in [6, 6.07) is 15.3. The third-order valence-electron chi connectivity index (χ3n) is 5.18. The molecule has 0 saturated carbocycles. The van der Waals surface area contributed by atoms with E-state index >= 15 is 0 Å². The first kappa shape index (κ1) is 20.5. The number of amides is 2. The number of likely N-dealkylation sites (tertiary alicyclic amines) is 1. The number of para-hydroxylation sites is 1. The number of nitrogens with zero attached hydrogens (tertiary/aromatic N) is 3. The summed E-state index contributed by atoms with van der Waals surface area (Å²) in [5.41, 5.74) is 1.39. The van der Waals surface area contributed by atoms with E-state index in [2.05, 4.69) is 5.32 Å². The summed E-state index contributed by atoms with van der Waals surface area (Å²) >= 11 is 0. The summed E-state index contributed by atoms with van der Waals surface area (Å²) in [5.74, 6) is -0.134. The van der Waals surface area contributed by atoms with Crippen LogP contribution in [-0.2, 0) is 9.59 Å². The predicted molar refractivity (Wildman–Crippen MR) is 111 cm³/mol. The molecule has 2 aromatic rings. The Labute approximate surface area is 169 Å². The number of rotatable bonds is 6. The van der Waals surface area contributed by atoms with Crippen molar-refractivity contribution in [2.75, 3.05) is 36.9 Å². The van der Waals surface area contributed by atoms with Crippen LogP contribution in [-0.4, -0.2) is 48.3 Å². The van der Waals surface area contributed by atoms with Gasteiger partial charge >= 0.3 is 0 Å². The zero-order valence-corrected chi connectivity index (χ0v) is 16.3. The van der Waals surface area contributed by atoms with Gasteiger partial charge in [-0.2, -0.15) is 0 Å². The lowest BCUT2D eigenvalue weighted by molar-refractivity contribution is -0.384. The fourth-order valence-corrected chi connectivity index (χ4v) is 3.36. The quantitative estimate of drug-likeness (QED) is 0.598. The van der Waals surface area contributed by atoms with Crippen molar-refractivity contribution in [3.8, 4) is 0 Å². The van der Waals surface area contributed by atoms with E-state index in [-0.39, 0.29) is 30.0 Å². The fourth-order valence-electron chi connectivity index (χ4n) is 3.36. The number of likely N-dealkylation sites (N-methyl/N-ethyl adjacent to an activating group) is 1. The third kappa shape index (κ3) is 5.39. The average Bonchev–Trinajstić information content (AvgIpc) is 2.74. The first-order valence-corrected chi connectivity index (χ1v) is 9.53. The number of nitro benzene ring substituents is 1. The van der Waals surface area contributed by atoms with Gasteiger partial charge < -0.3 is 10.2 Å². The Balaban J connectivity index is 1.47. The number of nitro groups is 1. The predicted octanol–water partition coefficient (Wildman–Crippen LogP) is 2.91. The van der Waals surface area contributed by atoms with Gasteiger partial charge in [-0.25, -0.2) is 0 Å². The van der Waals surface area contributed by atoms with E-state index < -0.39 is 4.92 Å². The van der Waals surface area contributed by atoms with E-state index in [4.69, 9.17) is 0 Å². The van der Waals surface area contributed by atoms with Gasteiger partial charge in [0.1, 0.15) is 0 Å². The van der Waals surface area contributed by atoms with Crippen LogP contribution in [0.3, 0.4) is 0 Å². The zero-order valence-electron chi connectivity index (χ0n) is 16.3. The van der Waals surface area contributed by atoms with Crippen molar-refractivity contribution in [2.45, 2.75) is 12.8 Å². The molecule has 29 heavy (non-hydrogen) atoms. The van der Waals surface area contributed by atoms with Crippen LogP contribution >= 0.6 is 0 Å². The number of carbonyl (C=O) groups excluding carboxylic acids is 2. The highest BCUT2D eigenvalue weighted by Crippen LogP contribution is 2.21. The Morgan fingerprint density at radius 2 is 1.72 bits per heavy atom. The molecule has 0 unspecified atom stereocenters. The van der Waals surface area contributed by atoms with Crippen molar-refractivity contribution in [2.24, 2.45) is 5.92 Å². The van der Waals surface area contributed by atoms with Gasteiger partial charge in [-0.05, 0) is 50.2 Å². The maximum absolute atomic E-state index is 12.6. The summed E-state index contributed by atoms with van der Waals surface area (Å²) in [6.07, 6.45) is 1.40. The number of non-ortho nitro benzene ring substituents is 1. The highest BCUT2D eigenvalue weighted by atomic mass is 16.6. The molecular weight excluding hydrogens is 372 g/mol. The molecule has 2 aromatic carbocycles. The van der Waals surface area contributed by atoms with E-state index in [1.807, 2.05) is 35.2 Å². The van der Waals surface area contributed by atoms with E-state index in [9.17, 15) is 19.7 Å². The maximum atomic E-state index is 12.6. The lowest BCUT2D eigenvalue weighted by atomic mass is 9.95. The van der Waals surface area contributed by atoms with E-state index in [1.165, 1.54) is 17.0 Å². The molecule has 8 heteroatoms. The molecular formula is C21H24N4O4. The van der Waals surface area contributed by atoms with E-state index in [0.717, 1.165) is 5.69 Å². The van der Waals surface area contributed by atoms with Crippen molar-refractivity contribution in [1.82, 2.24) is 4.90 Å². The van der Waals surface area contributed by atoms with Crippen LogP contribution in [0.15, 0.2) is 54.6 Å². The monoisotopic (exact) mass is 396 g/mol. The van der Waals surface area contributed by atoms with Crippen LogP contribution in [0.2, 0.25) is 0 Å². The molecule has 8 nitrogen and oxygen atoms in total. The Bertz CT molecular complexity index is 862. The summed E-state index contributed by atoms with van der Waals surface area (Å²) in [5, 5.41) is 13.7. The fraction of sp³-hybridized carbons (Fsp3) is 0.333. The highest BCUT2D eigenvalue weighted by Gasteiger charge is 2.26. The van der Waals surface area contributed by atoms with Gasteiger partial charge in [-0.1, -0.05) is 18.2 Å². The average molecular weight is 396 g/mol. The second-order valence-corrected chi connectivity index (χ2v) is 7.13. The van der Waals surface area contributed by atoms with Crippen molar-refractivity contribution >= 4 is 28.9 Å². The van der Waals surface area contributed by atoms with Gasteiger partial charge in [0.05, 0.1) is 11.5 Å². The molecule has 0 radical (unpaired) electrons. The molecule has 0 bridgehead atoms. The van der Waals surface area contributed by atoms with Gasteiger partial charge in [0.25, 0.3) is 5.69 Å². The molecule has 1 aliphatic rings. The molecule has 1 fully saturated rings. The van der Waals surface area contributed by atoms with Gasteiger partial charge in [0.15, 0.2) is 0 Å². The largest absolute Gasteiger partial charge is 0.326 e. The maximum Gasteiger partial charge on any atom is 0.269 e. The molecule has 0 spiro atoms. The molecule has 1 saturated heterocycles. The number of carbonyl (C=O) groups is 2. The van der Waals surface area contributed by atoms with Crippen molar-refractivity contribution in [3.05, 3.63) is 64.7 Å². The SMILES string of the molecule is CN(C(=O)CN1CCC(C(=O)Nc2ccccc2)CC1)c1ccc([N+](=O)[O-])cc1. The van der Waals surface area contributed by atoms with Gasteiger partial charge in [-0.15, -0.1) is 0 Å². The Hall–Kier alpha value is -3.26. The minimum Gasteiger partial charge on any atom is -0.326 e. The molecule has 2 amide bonds. The standard InChI is InChI=1S/C21H24N4O4/c1-23(18-7-9-19(10-8-18)25(28)29)20(26)15-24-13-11-16(12-14-24)21(27)22-17-5-3-2-4-6-17/h2-10,16H,11-15H2,1H3,(H,22,27). The van der Waals surface area contributed by atoms with Crippen LogP contribution in [0.4, 0.5) is 17.1 Å². The van der Waals surface area contributed by atoms with Crippen LogP contribution in [0.25, 0.3) is 0 Å². The first-order chi connectivity index (χ1) is 13.9. The Morgan fingerprint density at radius 3 is 2.31 bits per heavy atom. The molecule has 1 aliphatic heterocycles. The first-order valence-electron chi connectivity index (χ1n) is 9.53. The van der Waals surface area contributed by atoms with Crippen molar-refractivity contribution in [3.63, 3.8) is 0 Å². The van der Waals surface area contributed by atoms with Gasteiger partial charge in [0, 0.05) is 36.5 Å². The van der Waals surface area contributed by atoms with E-state index in [1.54, 1.807) is 19.2 Å². The number of nitrogens with one attached hydrogen (secondary N) is 1. The molecule has 0 atom stereocenters. The van der Waals surface area contributed by atoms with Gasteiger partial charge in [0.2, 0.25) is 11.8 Å². The lowest BCUT2D eigenvalue weighted by Gasteiger charge is -2.31. The minimum atomic E-state index is -0.469. The molecule has 3 rings (SSSR count). The number of anilines is 2. The van der Waals surface area contributed by atoms with Crippen LogP contribution in [0, 0.1) is 16.0 Å². The van der Waals surface area contributed by atoms with Crippen LogP contribution in [0.1, 0.15) is 12.8 Å². The summed E-state index contributed by atoms with van der Waals surface area (Å²) in [4.78, 5) is 38.8. The molecule has 152 valence electrons. The normalized spacial score (nSPS) is 14.9. The summed E-state index contributed by atoms with van der Waals surface area (Å²) in [7, 11) is 1.66. The second-order valence-electron chi connectivity index (χ2n) is 7.13. The number of hydrogen-bond acceptors (Lipinski definition) is 5. The number of hydrogen-bond donors (Lipinski definition) is 1. The molecule has 0 aromatic heterocycles. The van der Waals surface area contributed by atoms with E-state index in [0.29, 0.717) is 31.6 Å². The topological polar surface area (TPSA) is 95.8 Å². The number of benzene rings is 2. The molecule has 1 heterocycles. The number of piperidine rings is 1. The Morgan fingerprint density at radius 1 is 1.10 bits per heavy atom. The Kier molecular flexibility index (Phi) is 6.56. The zero-order chi connectivity index (χ0) is 20.8. The molecule has 1 N–H and O–H groups in total. The highest BCUT2D eigenvalue weighted by molar-refractivity contribution is 5.94. The van der Waals surface area contributed by atoms with Gasteiger partial charge in [-0.3, -0.25) is 24.6 Å². The smallest absolute Gasteiger partial charge is 0.269 e. The van der Waals surface area contributed by atoms with Crippen LogP contribution < -0.4 is 10.2 Å². The summed E-state index contributed by atoms with van der Waals surface area (Å²) in [6.45, 7) is 1.60. The molecule has 0 aliphatic carbocycles. The third-order valence-corrected chi connectivity index (χ3v) is 5.18.